The number of hydrogen-bond acceptors (Lipinski definition) is 9. The van der Waals surface area contributed by atoms with Crippen molar-refractivity contribution in [1.29, 1.82) is 0 Å². The van der Waals surface area contributed by atoms with Crippen molar-refractivity contribution < 1.29 is 24.3 Å². The SMILES string of the molecule is NC(N)=NCCCC(NC(=O)C(N)CS)C(=O)NC(Cc1cnc[nH]1)C(=O)NC(CS)C(=O)O. The van der Waals surface area contributed by atoms with E-state index in [0.717, 1.165) is 0 Å². The van der Waals surface area contributed by atoms with E-state index in [2.05, 4.69) is 56.2 Å². The number of amides is 3. The van der Waals surface area contributed by atoms with E-state index >= 15 is 0 Å². The van der Waals surface area contributed by atoms with Crippen LogP contribution >= 0.6 is 25.3 Å². The fraction of sp³-hybridized carbons (Fsp3) is 0.556. The Morgan fingerprint density at radius 3 is 2.18 bits per heavy atom. The number of hydrogen-bond donors (Lipinski definition) is 10. The van der Waals surface area contributed by atoms with Crippen LogP contribution in [0.3, 0.4) is 0 Å². The van der Waals surface area contributed by atoms with Crippen molar-refractivity contribution in [2.75, 3.05) is 18.1 Å². The summed E-state index contributed by atoms with van der Waals surface area (Å²) in [6.07, 6.45) is 3.32. The van der Waals surface area contributed by atoms with E-state index in [4.69, 9.17) is 17.2 Å². The Morgan fingerprint density at radius 1 is 1.03 bits per heavy atom. The van der Waals surface area contributed by atoms with Crippen molar-refractivity contribution in [1.82, 2.24) is 25.9 Å². The Balaban J connectivity index is 3.02. The molecule has 0 bridgehead atoms. The maximum Gasteiger partial charge on any atom is 0.327 e. The molecule has 1 heterocycles. The zero-order valence-electron chi connectivity index (χ0n) is 18.3. The molecule has 0 aliphatic heterocycles. The number of H-pyrrole nitrogens is 1. The van der Waals surface area contributed by atoms with Crippen LogP contribution in [0.4, 0.5) is 0 Å². The second kappa shape index (κ2) is 15.0. The minimum absolute atomic E-state index is 0.0126. The van der Waals surface area contributed by atoms with Gasteiger partial charge in [0, 0.05) is 36.4 Å². The molecule has 16 heteroatoms. The number of nitrogens with one attached hydrogen (secondary N) is 4. The summed E-state index contributed by atoms with van der Waals surface area (Å²) in [4.78, 5) is 59.9. The van der Waals surface area contributed by atoms with Crippen LogP contribution < -0.4 is 33.2 Å². The average Bonchev–Trinajstić information content (AvgIpc) is 3.30. The number of guanidine groups is 1. The second-order valence-electron chi connectivity index (χ2n) is 7.22. The fourth-order valence-electron chi connectivity index (χ4n) is 2.69. The minimum atomic E-state index is -1.28. The molecule has 190 valence electrons. The summed E-state index contributed by atoms with van der Waals surface area (Å²) in [6.45, 7) is 0.209. The molecule has 0 spiro atoms. The average molecular weight is 518 g/mol. The fourth-order valence-corrected chi connectivity index (χ4v) is 3.10. The Hall–Kier alpha value is -2.98. The van der Waals surface area contributed by atoms with Gasteiger partial charge in [-0.15, -0.1) is 0 Å². The van der Waals surface area contributed by atoms with Gasteiger partial charge in [-0.05, 0) is 12.8 Å². The van der Waals surface area contributed by atoms with E-state index < -0.39 is 47.9 Å². The molecule has 0 aliphatic rings. The zero-order chi connectivity index (χ0) is 25.7. The Kier molecular flexibility index (Phi) is 12.8. The minimum Gasteiger partial charge on any atom is -0.480 e. The first-order valence-corrected chi connectivity index (χ1v) is 11.5. The summed E-state index contributed by atoms with van der Waals surface area (Å²) in [5, 5.41) is 16.6. The van der Waals surface area contributed by atoms with Crippen LogP contribution in [-0.2, 0) is 25.6 Å². The van der Waals surface area contributed by atoms with E-state index in [1.54, 1.807) is 0 Å². The highest BCUT2D eigenvalue weighted by molar-refractivity contribution is 7.80. The van der Waals surface area contributed by atoms with Gasteiger partial charge in [0.1, 0.15) is 18.1 Å². The molecule has 1 aromatic heterocycles. The topological polar surface area (TPSA) is 244 Å². The molecule has 0 fully saturated rings. The molecule has 0 saturated heterocycles. The van der Waals surface area contributed by atoms with Gasteiger partial charge in [0.05, 0.1) is 12.4 Å². The number of nitrogens with zero attached hydrogens (tertiary/aromatic N) is 2. The number of rotatable bonds is 15. The third-order valence-corrected chi connectivity index (χ3v) is 5.28. The smallest absolute Gasteiger partial charge is 0.327 e. The maximum atomic E-state index is 13.0. The highest BCUT2D eigenvalue weighted by Crippen LogP contribution is 2.05. The lowest BCUT2D eigenvalue weighted by Crippen LogP contribution is -2.58. The van der Waals surface area contributed by atoms with Crippen LogP contribution in [0.2, 0.25) is 0 Å². The van der Waals surface area contributed by atoms with Crippen LogP contribution in [0.15, 0.2) is 17.5 Å². The van der Waals surface area contributed by atoms with Gasteiger partial charge in [0.2, 0.25) is 17.7 Å². The molecule has 14 nitrogen and oxygen atoms in total. The maximum absolute atomic E-state index is 13.0. The number of carboxylic acid groups (broad SMARTS) is 1. The first-order valence-electron chi connectivity index (χ1n) is 10.2. The molecule has 0 aliphatic carbocycles. The van der Waals surface area contributed by atoms with Crippen LogP contribution in [0.5, 0.6) is 0 Å². The number of aromatic amines is 1. The summed E-state index contributed by atoms with van der Waals surface area (Å²) in [6, 6.07) is -4.46. The van der Waals surface area contributed by atoms with Gasteiger partial charge in [-0.3, -0.25) is 19.4 Å². The van der Waals surface area contributed by atoms with E-state index in [1.165, 1.54) is 12.5 Å². The van der Waals surface area contributed by atoms with Gasteiger partial charge < -0.3 is 43.2 Å². The first-order chi connectivity index (χ1) is 16.1. The Bertz CT molecular complexity index is 849. The van der Waals surface area contributed by atoms with Gasteiger partial charge in [-0.25, -0.2) is 9.78 Å². The Labute approximate surface area is 207 Å². The van der Waals surface area contributed by atoms with Gasteiger partial charge in [-0.1, -0.05) is 0 Å². The number of aliphatic carboxylic acids is 1. The third kappa shape index (κ3) is 10.3. The van der Waals surface area contributed by atoms with E-state index in [-0.39, 0.29) is 36.9 Å². The second-order valence-corrected chi connectivity index (χ2v) is 7.95. The standard InChI is InChI=1S/C18H31N9O5S2/c19-10(6-33)14(28)25-11(2-1-3-23-18(20)21)15(29)26-12(4-9-5-22-8-24-9)16(30)27-13(7-34)17(31)32/h5,8,10-13,33-34H,1-4,6-7,19H2,(H,22,24)(H,25,28)(H,26,29)(H,27,30)(H,31,32)(H4,20,21,23). The van der Waals surface area contributed by atoms with Crippen LogP contribution in [0, 0.1) is 0 Å². The number of carbonyl (C=O) groups excluding carboxylic acids is 3. The van der Waals surface area contributed by atoms with E-state index in [9.17, 15) is 24.3 Å². The summed E-state index contributed by atoms with van der Waals surface area (Å²) >= 11 is 7.90. The molecular formula is C18H31N9O5S2. The molecule has 1 aromatic rings. The number of thiol groups is 2. The summed E-state index contributed by atoms with van der Waals surface area (Å²) in [5.41, 5.74) is 16.8. The molecule has 11 N–H and O–H groups in total. The molecule has 34 heavy (non-hydrogen) atoms. The van der Waals surface area contributed by atoms with Gasteiger partial charge in [0.25, 0.3) is 0 Å². The van der Waals surface area contributed by atoms with Crippen molar-refractivity contribution in [2.45, 2.75) is 43.4 Å². The Morgan fingerprint density at radius 2 is 1.65 bits per heavy atom. The quantitative estimate of drug-likeness (QED) is 0.0484. The number of aliphatic imine (C=N–C) groups is 1. The molecular weight excluding hydrogens is 486 g/mol. The lowest BCUT2D eigenvalue weighted by Gasteiger charge is -2.24. The number of carbonyl (C=O) groups is 4. The predicted molar refractivity (Wildman–Crippen MR) is 131 cm³/mol. The van der Waals surface area contributed by atoms with Crippen LogP contribution in [-0.4, -0.2) is 86.9 Å². The highest BCUT2D eigenvalue weighted by atomic mass is 32.1. The van der Waals surface area contributed by atoms with Gasteiger partial charge >= 0.3 is 5.97 Å². The molecule has 4 unspecified atom stereocenters. The third-order valence-electron chi connectivity index (χ3n) is 4.52. The van der Waals surface area contributed by atoms with Gasteiger partial charge in [0.15, 0.2) is 5.96 Å². The van der Waals surface area contributed by atoms with E-state index in [0.29, 0.717) is 12.1 Å². The van der Waals surface area contributed by atoms with Crippen molar-refractivity contribution in [3.05, 3.63) is 18.2 Å². The number of nitrogens with two attached hydrogens (primary N) is 3. The summed E-state index contributed by atoms with van der Waals surface area (Å²) in [5.74, 6) is -3.52. The largest absolute Gasteiger partial charge is 0.480 e. The van der Waals surface area contributed by atoms with Gasteiger partial charge in [-0.2, -0.15) is 25.3 Å². The first kappa shape index (κ1) is 29.1. The predicted octanol–water partition coefficient (Wildman–Crippen LogP) is -3.27. The molecule has 0 saturated carbocycles. The number of imidazole rings is 1. The van der Waals surface area contributed by atoms with Crippen molar-refractivity contribution in [2.24, 2.45) is 22.2 Å². The summed E-state index contributed by atoms with van der Waals surface area (Å²) in [7, 11) is 0. The number of carboxylic acids is 1. The van der Waals surface area contributed by atoms with E-state index in [1.807, 2.05) is 0 Å². The van der Waals surface area contributed by atoms with Crippen LogP contribution in [0.25, 0.3) is 0 Å². The molecule has 4 atom stereocenters. The normalized spacial score (nSPS) is 14.2. The lowest BCUT2D eigenvalue weighted by atomic mass is 10.1. The van der Waals surface area contributed by atoms with Crippen molar-refractivity contribution >= 4 is 54.9 Å². The number of aromatic nitrogens is 2. The molecule has 0 aromatic carbocycles. The molecule has 1 rings (SSSR count). The van der Waals surface area contributed by atoms with Crippen molar-refractivity contribution in [3.63, 3.8) is 0 Å². The highest BCUT2D eigenvalue weighted by Gasteiger charge is 2.30. The molecule has 3 amide bonds. The summed E-state index contributed by atoms with van der Waals surface area (Å²) < 4.78 is 0. The molecule has 0 radical (unpaired) electrons. The monoisotopic (exact) mass is 517 g/mol. The lowest BCUT2D eigenvalue weighted by molar-refractivity contribution is -0.141. The zero-order valence-corrected chi connectivity index (χ0v) is 20.1. The van der Waals surface area contributed by atoms with Crippen LogP contribution in [0.1, 0.15) is 18.5 Å². The van der Waals surface area contributed by atoms with Crippen molar-refractivity contribution in [3.8, 4) is 0 Å².